The Bertz CT molecular complexity index is 938. The second kappa shape index (κ2) is 6.96. The average molecular weight is 364 g/mol. The molecule has 1 aliphatic rings. The van der Waals surface area contributed by atoms with Gasteiger partial charge in [0.2, 0.25) is 5.91 Å². The van der Waals surface area contributed by atoms with Crippen LogP contribution in [0.25, 0.3) is 11.4 Å². The van der Waals surface area contributed by atoms with Gasteiger partial charge in [-0.25, -0.2) is 0 Å². The van der Waals surface area contributed by atoms with Gasteiger partial charge in [0.1, 0.15) is 0 Å². The zero-order valence-corrected chi connectivity index (χ0v) is 15.6. The Morgan fingerprint density at radius 3 is 2.62 bits per heavy atom. The van der Waals surface area contributed by atoms with Crippen molar-refractivity contribution in [2.24, 2.45) is 7.05 Å². The van der Waals surface area contributed by atoms with E-state index in [0.717, 1.165) is 35.2 Å². The average Bonchev–Trinajstić information content (AvgIpc) is 3.26. The zero-order chi connectivity index (χ0) is 18.1. The van der Waals surface area contributed by atoms with Crippen molar-refractivity contribution in [1.82, 2.24) is 14.8 Å². The molecular weight excluding hydrogens is 344 g/mol. The van der Waals surface area contributed by atoms with Crippen molar-refractivity contribution < 1.29 is 4.79 Å². The quantitative estimate of drug-likeness (QED) is 0.664. The number of hydrogen-bond acceptors (Lipinski definition) is 4. The third kappa shape index (κ3) is 3.01. The molecule has 1 aromatic heterocycles. The number of para-hydroxylation sites is 1. The Kier molecular flexibility index (Phi) is 4.51. The molecular formula is C20H20N4OS. The van der Waals surface area contributed by atoms with E-state index in [1.807, 2.05) is 72.0 Å². The topological polar surface area (TPSA) is 51.0 Å². The molecule has 0 spiro atoms. The minimum Gasteiger partial charge on any atom is -0.311 e. The highest BCUT2D eigenvalue weighted by Gasteiger charge is 2.29. The fraction of sp³-hybridized carbons (Fsp3) is 0.250. The monoisotopic (exact) mass is 364 g/mol. The van der Waals surface area contributed by atoms with Gasteiger partial charge in [0.15, 0.2) is 11.0 Å². The number of fused-ring (bicyclic) bond motifs is 1. The predicted octanol–water partition coefficient (Wildman–Crippen LogP) is 3.55. The molecule has 2 heterocycles. The maximum atomic E-state index is 12.9. The van der Waals surface area contributed by atoms with E-state index in [1.165, 1.54) is 17.3 Å². The van der Waals surface area contributed by atoms with Crippen LogP contribution in [0.1, 0.15) is 12.5 Å². The second-order valence-corrected chi connectivity index (χ2v) is 7.67. The van der Waals surface area contributed by atoms with Gasteiger partial charge in [-0.15, -0.1) is 10.2 Å². The molecule has 6 heteroatoms. The largest absolute Gasteiger partial charge is 0.311 e. The Morgan fingerprint density at radius 1 is 1.08 bits per heavy atom. The fourth-order valence-electron chi connectivity index (χ4n) is 3.25. The van der Waals surface area contributed by atoms with Crippen LogP contribution in [0.3, 0.4) is 0 Å². The lowest BCUT2D eigenvalue weighted by molar-refractivity contribution is -0.117. The van der Waals surface area contributed by atoms with Crippen molar-refractivity contribution >= 4 is 23.4 Å². The first-order chi connectivity index (χ1) is 12.6. The first-order valence-electron chi connectivity index (χ1n) is 8.66. The van der Waals surface area contributed by atoms with E-state index in [1.54, 1.807) is 0 Å². The molecule has 0 radical (unpaired) electrons. The van der Waals surface area contributed by atoms with Gasteiger partial charge in [0.25, 0.3) is 0 Å². The molecule has 4 rings (SSSR count). The molecule has 3 aromatic rings. The number of benzene rings is 2. The lowest BCUT2D eigenvalue weighted by Crippen LogP contribution is -2.35. The van der Waals surface area contributed by atoms with Crippen LogP contribution in [0.4, 0.5) is 5.69 Å². The Hall–Kier alpha value is -2.60. The molecule has 1 atom stereocenters. The molecule has 0 saturated carbocycles. The van der Waals surface area contributed by atoms with Crippen LogP contribution in [-0.2, 0) is 18.3 Å². The van der Waals surface area contributed by atoms with Gasteiger partial charge in [-0.2, -0.15) is 0 Å². The van der Waals surface area contributed by atoms with Crippen LogP contribution >= 0.6 is 11.8 Å². The van der Waals surface area contributed by atoms with E-state index < -0.39 is 0 Å². The highest BCUT2D eigenvalue weighted by Crippen LogP contribution is 2.31. The fourth-order valence-corrected chi connectivity index (χ4v) is 4.13. The molecule has 0 bridgehead atoms. The summed E-state index contributed by atoms with van der Waals surface area (Å²) in [5.74, 6) is 0.920. The van der Waals surface area contributed by atoms with Gasteiger partial charge in [-0.05, 0) is 25.0 Å². The number of hydrogen-bond donors (Lipinski definition) is 0. The van der Waals surface area contributed by atoms with Gasteiger partial charge in [-0.1, -0.05) is 60.3 Å². The summed E-state index contributed by atoms with van der Waals surface area (Å²) in [6.45, 7) is 2.68. The molecule has 0 N–H and O–H groups in total. The van der Waals surface area contributed by atoms with Crippen molar-refractivity contribution in [2.45, 2.75) is 23.8 Å². The van der Waals surface area contributed by atoms with Gasteiger partial charge in [0, 0.05) is 24.8 Å². The zero-order valence-electron chi connectivity index (χ0n) is 14.8. The Balaban J connectivity index is 1.52. The van der Waals surface area contributed by atoms with Gasteiger partial charge < -0.3 is 9.47 Å². The van der Waals surface area contributed by atoms with E-state index in [4.69, 9.17) is 0 Å². The predicted molar refractivity (Wildman–Crippen MR) is 104 cm³/mol. The van der Waals surface area contributed by atoms with Crippen LogP contribution in [-0.4, -0.2) is 32.5 Å². The number of amides is 1. The summed E-state index contributed by atoms with van der Waals surface area (Å²) in [5, 5.41) is 9.11. The lowest BCUT2D eigenvalue weighted by atomic mass is 10.2. The van der Waals surface area contributed by atoms with Crippen molar-refractivity contribution in [3.8, 4) is 11.4 Å². The SMILES string of the molecule is CC(Sc1nnc(-c2ccccc2)n1C)C(=O)N1CCc2ccccc21. The third-order valence-corrected chi connectivity index (χ3v) is 5.77. The van der Waals surface area contributed by atoms with Crippen LogP contribution < -0.4 is 4.90 Å². The first-order valence-corrected chi connectivity index (χ1v) is 9.54. The number of thioether (sulfide) groups is 1. The van der Waals surface area contributed by atoms with E-state index in [2.05, 4.69) is 16.3 Å². The molecule has 1 amide bonds. The van der Waals surface area contributed by atoms with Crippen molar-refractivity contribution in [3.63, 3.8) is 0 Å². The summed E-state index contributed by atoms with van der Waals surface area (Å²) in [6.07, 6.45) is 0.918. The summed E-state index contributed by atoms with van der Waals surface area (Å²) >= 11 is 1.45. The minimum absolute atomic E-state index is 0.115. The van der Waals surface area contributed by atoms with Crippen molar-refractivity contribution in [2.75, 3.05) is 11.4 Å². The highest BCUT2D eigenvalue weighted by atomic mass is 32.2. The Labute approximate surface area is 157 Å². The maximum Gasteiger partial charge on any atom is 0.240 e. The molecule has 26 heavy (non-hydrogen) atoms. The molecule has 1 unspecified atom stereocenters. The highest BCUT2D eigenvalue weighted by molar-refractivity contribution is 8.00. The summed E-state index contributed by atoms with van der Waals surface area (Å²) in [4.78, 5) is 14.8. The lowest BCUT2D eigenvalue weighted by Gasteiger charge is -2.21. The summed E-state index contributed by atoms with van der Waals surface area (Å²) in [6, 6.07) is 18.1. The Morgan fingerprint density at radius 2 is 1.81 bits per heavy atom. The van der Waals surface area contributed by atoms with Crippen LogP contribution in [0.15, 0.2) is 59.8 Å². The second-order valence-electron chi connectivity index (χ2n) is 6.36. The van der Waals surface area contributed by atoms with E-state index in [-0.39, 0.29) is 11.2 Å². The maximum absolute atomic E-state index is 12.9. The van der Waals surface area contributed by atoms with Crippen LogP contribution in [0, 0.1) is 0 Å². The van der Waals surface area contributed by atoms with E-state index in [9.17, 15) is 4.79 Å². The normalized spacial score (nSPS) is 14.3. The van der Waals surface area contributed by atoms with E-state index >= 15 is 0 Å². The van der Waals surface area contributed by atoms with Gasteiger partial charge in [-0.3, -0.25) is 4.79 Å². The molecule has 1 aliphatic heterocycles. The third-order valence-electron chi connectivity index (χ3n) is 4.65. The number of aromatic nitrogens is 3. The number of carbonyl (C=O) groups excluding carboxylic acids is 1. The van der Waals surface area contributed by atoms with Crippen molar-refractivity contribution in [3.05, 3.63) is 60.2 Å². The van der Waals surface area contributed by atoms with Gasteiger partial charge in [0.05, 0.1) is 5.25 Å². The minimum atomic E-state index is -0.229. The number of nitrogens with zero attached hydrogens (tertiary/aromatic N) is 4. The summed E-state index contributed by atoms with van der Waals surface area (Å²) < 4.78 is 1.95. The smallest absolute Gasteiger partial charge is 0.240 e. The molecule has 2 aromatic carbocycles. The number of anilines is 1. The standard InChI is InChI=1S/C20H20N4OS/c1-14(19(25)24-13-12-15-8-6-7-11-17(15)24)26-20-22-21-18(23(20)2)16-9-4-3-5-10-16/h3-11,14H,12-13H2,1-2H3. The molecule has 0 fully saturated rings. The van der Waals surface area contributed by atoms with E-state index in [0.29, 0.717) is 0 Å². The molecule has 0 saturated heterocycles. The van der Waals surface area contributed by atoms with Crippen LogP contribution in [0.5, 0.6) is 0 Å². The number of carbonyl (C=O) groups is 1. The molecule has 0 aliphatic carbocycles. The summed E-state index contributed by atoms with van der Waals surface area (Å²) in [7, 11) is 1.94. The summed E-state index contributed by atoms with van der Waals surface area (Å²) in [5.41, 5.74) is 3.29. The van der Waals surface area contributed by atoms with Crippen LogP contribution in [0.2, 0.25) is 0 Å². The number of rotatable bonds is 4. The molecule has 132 valence electrons. The molecule has 5 nitrogen and oxygen atoms in total. The van der Waals surface area contributed by atoms with Crippen molar-refractivity contribution in [1.29, 1.82) is 0 Å². The first kappa shape index (κ1) is 16.8. The van der Waals surface area contributed by atoms with Gasteiger partial charge >= 0.3 is 0 Å².